The van der Waals surface area contributed by atoms with Gasteiger partial charge in [0.05, 0.1) is 29.0 Å². The summed E-state index contributed by atoms with van der Waals surface area (Å²) in [6, 6.07) is 14.1. The molecular formula is C31H34F4N4O2. The van der Waals surface area contributed by atoms with Gasteiger partial charge in [-0.15, -0.1) is 0 Å². The number of ether oxygens (including phenoxy) is 1. The summed E-state index contributed by atoms with van der Waals surface area (Å²) >= 11 is 0. The van der Waals surface area contributed by atoms with Crippen molar-refractivity contribution in [1.82, 2.24) is 15.2 Å². The molecule has 10 heteroatoms. The molecule has 2 saturated heterocycles. The summed E-state index contributed by atoms with van der Waals surface area (Å²) in [6.07, 6.45) is -1.32. The Labute approximate surface area is 237 Å². The number of para-hydroxylation sites is 1. The van der Waals surface area contributed by atoms with E-state index in [4.69, 9.17) is 9.72 Å². The van der Waals surface area contributed by atoms with E-state index in [1.807, 2.05) is 50.4 Å². The van der Waals surface area contributed by atoms with Crippen molar-refractivity contribution < 1.29 is 27.1 Å². The number of carbonyl (C=O) groups excluding carboxylic acids is 1. The molecule has 5 rings (SSSR count). The number of hydrogen-bond acceptors (Lipinski definition) is 5. The molecule has 2 fully saturated rings. The predicted molar refractivity (Wildman–Crippen MR) is 149 cm³/mol. The first kappa shape index (κ1) is 28.9. The maximum Gasteiger partial charge on any atom is 0.416 e. The van der Waals surface area contributed by atoms with Crippen molar-refractivity contribution in [3.63, 3.8) is 0 Å². The van der Waals surface area contributed by atoms with E-state index in [1.54, 1.807) is 11.1 Å². The van der Waals surface area contributed by atoms with E-state index in [0.29, 0.717) is 38.6 Å². The molecule has 0 saturated carbocycles. The van der Waals surface area contributed by atoms with Crippen LogP contribution in [0, 0.1) is 5.82 Å². The van der Waals surface area contributed by atoms with Gasteiger partial charge in [-0.05, 0) is 81.7 Å². The smallest absolute Gasteiger partial charge is 0.416 e. The van der Waals surface area contributed by atoms with Crippen molar-refractivity contribution in [3.05, 3.63) is 77.7 Å². The van der Waals surface area contributed by atoms with Crippen molar-refractivity contribution in [1.29, 1.82) is 0 Å². The third-order valence-electron chi connectivity index (χ3n) is 8.17. The average Bonchev–Trinajstić information content (AvgIpc) is 3.37. The second kappa shape index (κ2) is 11.7. The SMILES string of the molecule is CCOc1ccccc1-c1ccc(C2(C(=O)N[C@H]3CCN(C)C3)CCN(c3ccc(C(F)(F)F)cc3F)CC2)cn1. The van der Waals surface area contributed by atoms with Crippen molar-refractivity contribution >= 4 is 11.6 Å². The largest absolute Gasteiger partial charge is 0.493 e. The number of piperidine rings is 1. The molecule has 0 radical (unpaired) electrons. The van der Waals surface area contributed by atoms with E-state index in [-0.39, 0.29) is 17.6 Å². The fraction of sp³-hybridized carbons (Fsp3) is 0.419. The minimum Gasteiger partial charge on any atom is -0.493 e. The number of carbonyl (C=O) groups is 1. The van der Waals surface area contributed by atoms with Gasteiger partial charge in [-0.2, -0.15) is 13.2 Å². The number of rotatable bonds is 7. The summed E-state index contributed by atoms with van der Waals surface area (Å²) in [5.41, 5.74) is 0.487. The zero-order valence-corrected chi connectivity index (χ0v) is 23.2. The van der Waals surface area contributed by atoms with Gasteiger partial charge >= 0.3 is 6.18 Å². The third-order valence-corrected chi connectivity index (χ3v) is 8.17. The fourth-order valence-electron chi connectivity index (χ4n) is 5.89. The van der Waals surface area contributed by atoms with Crippen LogP contribution in [0.5, 0.6) is 5.75 Å². The molecule has 1 N–H and O–H groups in total. The van der Waals surface area contributed by atoms with Gasteiger partial charge in [0, 0.05) is 37.4 Å². The lowest BCUT2D eigenvalue weighted by Crippen LogP contribution is -2.54. The van der Waals surface area contributed by atoms with E-state index in [9.17, 15) is 22.4 Å². The van der Waals surface area contributed by atoms with Gasteiger partial charge in [0.15, 0.2) is 0 Å². The number of anilines is 1. The number of likely N-dealkylation sites (tertiary alicyclic amines) is 1. The number of aromatic nitrogens is 1. The highest BCUT2D eigenvalue weighted by molar-refractivity contribution is 5.89. The lowest BCUT2D eigenvalue weighted by Gasteiger charge is -2.42. The summed E-state index contributed by atoms with van der Waals surface area (Å²) in [5, 5.41) is 3.23. The van der Waals surface area contributed by atoms with Gasteiger partial charge in [-0.25, -0.2) is 4.39 Å². The maximum atomic E-state index is 14.8. The Morgan fingerprint density at radius 2 is 1.85 bits per heavy atom. The first-order chi connectivity index (χ1) is 19.6. The van der Waals surface area contributed by atoms with Crippen LogP contribution in [-0.4, -0.2) is 61.7 Å². The molecule has 2 aliphatic heterocycles. The standard InChI is InChI=1S/C31H34F4N4O2/c1-3-41-28-7-5-4-6-24(28)26-10-8-22(19-36-26)30(29(40)37-23-12-15-38(2)20-23)13-16-39(17-14-30)27-11-9-21(18-25(27)32)31(33,34)35/h4-11,18-19,23H,3,12-17,20H2,1-2H3,(H,37,40)/t23-/m0/s1. The second-order valence-electron chi connectivity index (χ2n) is 10.8. The zero-order valence-electron chi connectivity index (χ0n) is 23.2. The molecule has 6 nitrogen and oxygen atoms in total. The third kappa shape index (κ3) is 6.02. The molecule has 41 heavy (non-hydrogen) atoms. The van der Waals surface area contributed by atoms with Crippen LogP contribution in [0.25, 0.3) is 11.3 Å². The van der Waals surface area contributed by atoms with Gasteiger partial charge < -0.3 is 19.9 Å². The molecule has 0 unspecified atom stereocenters. The molecule has 0 spiro atoms. The average molecular weight is 571 g/mol. The highest BCUT2D eigenvalue weighted by Gasteiger charge is 2.45. The molecule has 2 aromatic carbocycles. The molecule has 0 aliphatic carbocycles. The number of hydrogen-bond donors (Lipinski definition) is 1. The normalized spacial score (nSPS) is 19.3. The van der Waals surface area contributed by atoms with Gasteiger partial charge in [-0.3, -0.25) is 9.78 Å². The highest BCUT2D eigenvalue weighted by Crippen LogP contribution is 2.40. The second-order valence-corrected chi connectivity index (χ2v) is 10.8. The number of pyridine rings is 1. The van der Waals surface area contributed by atoms with Crippen LogP contribution >= 0.6 is 0 Å². The monoisotopic (exact) mass is 570 g/mol. The fourth-order valence-corrected chi connectivity index (χ4v) is 5.89. The van der Waals surface area contributed by atoms with Crippen LogP contribution < -0.4 is 15.0 Å². The number of nitrogens with one attached hydrogen (secondary N) is 1. The molecule has 1 aromatic heterocycles. The number of benzene rings is 2. The summed E-state index contributed by atoms with van der Waals surface area (Å²) < 4.78 is 59.8. The Hall–Kier alpha value is -3.66. The molecule has 218 valence electrons. The van der Waals surface area contributed by atoms with E-state index in [1.165, 1.54) is 6.07 Å². The molecule has 2 aliphatic rings. The minimum absolute atomic E-state index is 0.0278. The van der Waals surface area contributed by atoms with E-state index >= 15 is 0 Å². The summed E-state index contributed by atoms with van der Waals surface area (Å²) in [7, 11) is 2.02. The summed E-state index contributed by atoms with van der Waals surface area (Å²) in [6.45, 7) is 4.69. The number of halogens is 4. The summed E-state index contributed by atoms with van der Waals surface area (Å²) in [4.78, 5) is 22.5. The van der Waals surface area contributed by atoms with Crippen molar-refractivity contribution in [2.45, 2.75) is 43.8 Å². The van der Waals surface area contributed by atoms with Crippen molar-refractivity contribution in [3.8, 4) is 17.0 Å². The maximum absolute atomic E-state index is 14.8. The van der Waals surface area contributed by atoms with Crippen molar-refractivity contribution in [2.75, 3.05) is 44.7 Å². The van der Waals surface area contributed by atoms with Crippen LogP contribution in [0.15, 0.2) is 60.8 Å². The lowest BCUT2D eigenvalue weighted by molar-refractivity contribution is -0.137. The molecule has 0 bridgehead atoms. The van der Waals surface area contributed by atoms with E-state index in [2.05, 4.69) is 10.2 Å². The van der Waals surface area contributed by atoms with Gasteiger partial charge in [0.2, 0.25) is 5.91 Å². The highest BCUT2D eigenvalue weighted by atomic mass is 19.4. The van der Waals surface area contributed by atoms with Gasteiger partial charge in [0.1, 0.15) is 11.6 Å². The van der Waals surface area contributed by atoms with Crippen LogP contribution in [-0.2, 0) is 16.4 Å². The van der Waals surface area contributed by atoms with Gasteiger partial charge in [-0.1, -0.05) is 18.2 Å². The van der Waals surface area contributed by atoms with Gasteiger partial charge in [0.25, 0.3) is 0 Å². The Morgan fingerprint density at radius 1 is 1.10 bits per heavy atom. The first-order valence-corrected chi connectivity index (χ1v) is 13.9. The zero-order chi connectivity index (χ0) is 29.2. The summed E-state index contributed by atoms with van der Waals surface area (Å²) in [5.74, 6) is -0.306. The quantitative estimate of drug-likeness (QED) is 0.372. The number of nitrogens with zero attached hydrogens (tertiary/aromatic N) is 3. The topological polar surface area (TPSA) is 57.7 Å². The first-order valence-electron chi connectivity index (χ1n) is 13.9. The molecule has 1 amide bonds. The Bertz CT molecular complexity index is 1370. The lowest BCUT2D eigenvalue weighted by atomic mass is 9.72. The number of alkyl halides is 3. The van der Waals surface area contributed by atoms with Crippen LogP contribution in [0.4, 0.5) is 23.2 Å². The Kier molecular flexibility index (Phi) is 8.22. The van der Waals surface area contributed by atoms with Crippen LogP contribution in [0.3, 0.4) is 0 Å². The Balaban J connectivity index is 1.42. The Morgan fingerprint density at radius 3 is 2.46 bits per heavy atom. The molecule has 1 atom stereocenters. The minimum atomic E-state index is -4.62. The van der Waals surface area contributed by atoms with Crippen LogP contribution in [0.2, 0.25) is 0 Å². The van der Waals surface area contributed by atoms with Crippen molar-refractivity contribution in [2.24, 2.45) is 0 Å². The molecule has 3 aromatic rings. The molecule has 3 heterocycles. The van der Waals surface area contributed by atoms with E-state index < -0.39 is 23.0 Å². The number of amides is 1. The predicted octanol–water partition coefficient (Wildman–Crippen LogP) is 5.66. The van der Waals surface area contributed by atoms with Crippen LogP contribution in [0.1, 0.15) is 37.3 Å². The number of likely N-dealkylation sites (N-methyl/N-ethyl adjacent to an activating group) is 1. The van der Waals surface area contributed by atoms with E-state index in [0.717, 1.165) is 48.1 Å². The molecular weight excluding hydrogens is 536 g/mol.